The van der Waals surface area contributed by atoms with E-state index < -0.39 is 6.36 Å². The standard InChI is InChI=1S/C16H10ClF3N2O/c17-10-1-6-14-13(9-10)15(7-8-21-14)22-11-2-4-12(5-3-11)23-16(18,19)20/h1-9H,(H,21,22). The van der Waals surface area contributed by atoms with Crippen LogP contribution in [0, 0.1) is 0 Å². The predicted molar refractivity (Wildman–Crippen MR) is 83.2 cm³/mol. The van der Waals surface area contributed by atoms with Crippen LogP contribution >= 0.6 is 11.6 Å². The fourth-order valence-electron chi connectivity index (χ4n) is 2.12. The van der Waals surface area contributed by atoms with Gasteiger partial charge >= 0.3 is 6.36 Å². The third kappa shape index (κ3) is 3.84. The maximum atomic E-state index is 12.1. The number of hydrogen-bond acceptors (Lipinski definition) is 3. The summed E-state index contributed by atoms with van der Waals surface area (Å²) in [5.41, 5.74) is 2.13. The fraction of sp³-hybridized carbons (Fsp3) is 0.0625. The van der Waals surface area contributed by atoms with Gasteiger partial charge in [0.15, 0.2) is 0 Å². The van der Waals surface area contributed by atoms with Gasteiger partial charge in [-0.1, -0.05) is 11.6 Å². The number of anilines is 2. The van der Waals surface area contributed by atoms with Crippen LogP contribution in [0.15, 0.2) is 54.7 Å². The van der Waals surface area contributed by atoms with Crippen LogP contribution in [0.3, 0.4) is 0 Å². The van der Waals surface area contributed by atoms with Crippen LogP contribution in [-0.4, -0.2) is 11.3 Å². The van der Waals surface area contributed by atoms with Gasteiger partial charge in [-0.25, -0.2) is 0 Å². The molecule has 2 aromatic carbocycles. The minimum absolute atomic E-state index is 0.273. The Labute approximate surface area is 134 Å². The lowest BCUT2D eigenvalue weighted by Gasteiger charge is -2.12. The van der Waals surface area contributed by atoms with Crippen molar-refractivity contribution in [3.8, 4) is 5.75 Å². The Hall–Kier alpha value is -2.47. The molecule has 0 radical (unpaired) electrons. The number of nitrogens with zero attached hydrogens (tertiary/aromatic N) is 1. The van der Waals surface area contributed by atoms with E-state index in [0.717, 1.165) is 16.6 Å². The van der Waals surface area contributed by atoms with Crippen molar-refractivity contribution in [3.63, 3.8) is 0 Å². The summed E-state index contributed by atoms with van der Waals surface area (Å²) in [6.45, 7) is 0. The summed E-state index contributed by atoms with van der Waals surface area (Å²) in [4.78, 5) is 4.24. The summed E-state index contributed by atoms with van der Waals surface area (Å²) in [6, 6.07) is 12.5. The van der Waals surface area contributed by atoms with E-state index in [2.05, 4.69) is 15.0 Å². The van der Waals surface area contributed by atoms with Crippen LogP contribution < -0.4 is 10.1 Å². The highest BCUT2D eigenvalue weighted by molar-refractivity contribution is 6.31. The summed E-state index contributed by atoms with van der Waals surface area (Å²) in [6.07, 6.45) is -3.06. The highest BCUT2D eigenvalue weighted by Gasteiger charge is 2.30. The predicted octanol–water partition coefficient (Wildman–Crippen LogP) is 5.53. The van der Waals surface area contributed by atoms with Gasteiger partial charge in [-0.05, 0) is 48.5 Å². The first-order valence-electron chi connectivity index (χ1n) is 6.58. The van der Waals surface area contributed by atoms with Gasteiger partial charge in [0.1, 0.15) is 5.75 Å². The van der Waals surface area contributed by atoms with E-state index in [0.29, 0.717) is 10.7 Å². The van der Waals surface area contributed by atoms with Gasteiger partial charge in [0.25, 0.3) is 0 Å². The van der Waals surface area contributed by atoms with Crippen molar-refractivity contribution in [2.75, 3.05) is 5.32 Å². The molecular weight excluding hydrogens is 329 g/mol. The van der Waals surface area contributed by atoms with Crippen LogP contribution in [0.2, 0.25) is 5.02 Å². The summed E-state index contributed by atoms with van der Waals surface area (Å²) in [5, 5.41) is 4.52. The third-order valence-corrected chi connectivity index (χ3v) is 3.31. The van der Waals surface area contributed by atoms with Gasteiger partial charge in [-0.2, -0.15) is 0 Å². The van der Waals surface area contributed by atoms with E-state index in [1.807, 2.05) is 0 Å². The second-order valence-corrected chi connectivity index (χ2v) is 5.15. The molecule has 0 saturated carbocycles. The zero-order chi connectivity index (χ0) is 16.4. The van der Waals surface area contributed by atoms with E-state index in [4.69, 9.17) is 11.6 Å². The minimum atomic E-state index is -4.70. The summed E-state index contributed by atoms with van der Waals surface area (Å²) in [7, 11) is 0. The molecule has 0 aliphatic heterocycles. The second kappa shape index (κ2) is 5.96. The van der Waals surface area contributed by atoms with Gasteiger partial charge in [-0.3, -0.25) is 4.98 Å². The molecular formula is C16H10ClF3N2O. The molecule has 7 heteroatoms. The van der Waals surface area contributed by atoms with Crippen molar-refractivity contribution in [3.05, 3.63) is 59.8 Å². The first-order valence-corrected chi connectivity index (χ1v) is 6.96. The maximum absolute atomic E-state index is 12.1. The van der Waals surface area contributed by atoms with E-state index in [1.165, 1.54) is 24.3 Å². The molecule has 0 fully saturated rings. The first kappa shape index (κ1) is 15.4. The SMILES string of the molecule is FC(F)(F)Oc1ccc(Nc2ccnc3ccc(Cl)cc23)cc1. The Kier molecular flexibility index (Phi) is 4.00. The van der Waals surface area contributed by atoms with E-state index in [-0.39, 0.29) is 5.75 Å². The number of hydrogen-bond donors (Lipinski definition) is 1. The van der Waals surface area contributed by atoms with E-state index in [9.17, 15) is 13.2 Å². The zero-order valence-corrected chi connectivity index (χ0v) is 12.3. The van der Waals surface area contributed by atoms with E-state index in [1.54, 1.807) is 30.5 Å². The van der Waals surface area contributed by atoms with Crippen molar-refractivity contribution in [2.45, 2.75) is 6.36 Å². The zero-order valence-electron chi connectivity index (χ0n) is 11.6. The van der Waals surface area contributed by atoms with E-state index >= 15 is 0 Å². The molecule has 0 spiro atoms. The number of ether oxygens (including phenoxy) is 1. The molecule has 0 unspecified atom stereocenters. The molecule has 3 aromatic rings. The fourth-order valence-corrected chi connectivity index (χ4v) is 2.29. The number of aromatic nitrogens is 1. The summed E-state index contributed by atoms with van der Waals surface area (Å²) in [5.74, 6) is -0.273. The van der Waals surface area contributed by atoms with Crippen LogP contribution in [0.5, 0.6) is 5.75 Å². The Balaban J connectivity index is 1.86. The van der Waals surface area contributed by atoms with Crippen molar-refractivity contribution in [2.24, 2.45) is 0 Å². The van der Waals surface area contributed by atoms with Crippen molar-refractivity contribution >= 4 is 33.9 Å². The molecule has 0 bridgehead atoms. The molecule has 23 heavy (non-hydrogen) atoms. The molecule has 0 aliphatic rings. The highest BCUT2D eigenvalue weighted by Crippen LogP contribution is 2.29. The molecule has 1 aromatic heterocycles. The average molecular weight is 339 g/mol. The van der Waals surface area contributed by atoms with Crippen molar-refractivity contribution in [1.82, 2.24) is 4.98 Å². The van der Waals surface area contributed by atoms with Gasteiger partial charge in [-0.15, -0.1) is 13.2 Å². The number of benzene rings is 2. The number of fused-ring (bicyclic) bond motifs is 1. The Morgan fingerprint density at radius 2 is 1.74 bits per heavy atom. The quantitative estimate of drug-likeness (QED) is 0.681. The Bertz CT molecular complexity index is 835. The minimum Gasteiger partial charge on any atom is -0.406 e. The number of alkyl halides is 3. The first-order chi connectivity index (χ1) is 10.9. The molecule has 3 rings (SSSR count). The lowest BCUT2D eigenvalue weighted by atomic mass is 10.2. The molecule has 0 atom stereocenters. The molecule has 0 amide bonds. The maximum Gasteiger partial charge on any atom is 0.573 e. The normalized spacial score (nSPS) is 11.5. The topological polar surface area (TPSA) is 34.1 Å². The average Bonchev–Trinajstić information content (AvgIpc) is 2.48. The summed E-state index contributed by atoms with van der Waals surface area (Å²) >= 11 is 6.00. The van der Waals surface area contributed by atoms with Crippen LogP contribution in [0.25, 0.3) is 10.9 Å². The largest absolute Gasteiger partial charge is 0.573 e. The molecule has 3 nitrogen and oxygen atoms in total. The smallest absolute Gasteiger partial charge is 0.406 e. The number of rotatable bonds is 3. The van der Waals surface area contributed by atoms with Gasteiger partial charge in [0.05, 0.1) is 5.52 Å². The number of nitrogens with one attached hydrogen (secondary N) is 1. The molecule has 0 aliphatic carbocycles. The molecule has 1 N–H and O–H groups in total. The molecule has 0 saturated heterocycles. The van der Waals surface area contributed by atoms with Gasteiger partial charge in [0, 0.05) is 28.0 Å². The van der Waals surface area contributed by atoms with Gasteiger partial charge < -0.3 is 10.1 Å². The van der Waals surface area contributed by atoms with Crippen LogP contribution in [0.1, 0.15) is 0 Å². The second-order valence-electron chi connectivity index (χ2n) is 4.72. The Morgan fingerprint density at radius 1 is 1.00 bits per heavy atom. The van der Waals surface area contributed by atoms with Crippen molar-refractivity contribution in [1.29, 1.82) is 0 Å². The lowest BCUT2D eigenvalue weighted by Crippen LogP contribution is -2.16. The monoisotopic (exact) mass is 338 g/mol. The number of halogens is 4. The van der Waals surface area contributed by atoms with Crippen LogP contribution in [-0.2, 0) is 0 Å². The Morgan fingerprint density at radius 3 is 2.43 bits per heavy atom. The van der Waals surface area contributed by atoms with Crippen LogP contribution in [0.4, 0.5) is 24.5 Å². The third-order valence-electron chi connectivity index (χ3n) is 3.07. The molecule has 118 valence electrons. The molecule has 1 heterocycles. The van der Waals surface area contributed by atoms with Gasteiger partial charge in [0.2, 0.25) is 0 Å². The van der Waals surface area contributed by atoms with Crippen molar-refractivity contribution < 1.29 is 17.9 Å². The highest BCUT2D eigenvalue weighted by atomic mass is 35.5. The lowest BCUT2D eigenvalue weighted by molar-refractivity contribution is -0.274. The summed E-state index contributed by atoms with van der Waals surface area (Å²) < 4.78 is 40.3. The number of pyridine rings is 1.